The van der Waals surface area contributed by atoms with Crippen LogP contribution in [-0.4, -0.2) is 28.9 Å². The first kappa shape index (κ1) is 10.3. The fourth-order valence-corrected chi connectivity index (χ4v) is 1.11. The summed E-state index contributed by atoms with van der Waals surface area (Å²) in [5.74, 6) is 0. The molecule has 0 heterocycles. The zero-order valence-electron chi connectivity index (χ0n) is 8.33. The molecule has 1 amide bonds. The average molecular weight is 187 g/mol. The van der Waals surface area contributed by atoms with Gasteiger partial charge >= 0.3 is 6.09 Å². The van der Waals surface area contributed by atoms with E-state index >= 15 is 0 Å². The van der Waals surface area contributed by atoms with E-state index in [0.29, 0.717) is 0 Å². The maximum absolute atomic E-state index is 11.2. The second kappa shape index (κ2) is 3.54. The molecular weight excluding hydrogens is 170 g/mol. The van der Waals surface area contributed by atoms with E-state index < -0.39 is 17.8 Å². The first-order valence-corrected chi connectivity index (χ1v) is 4.56. The van der Waals surface area contributed by atoms with Crippen molar-refractivity contribution in [2.24, 2.45) is 0 Å². The monoisotopic (exact) mass is 187 g/mol. The van der Waals surface area contributed by atoms with Crippen molar-refractivity contribution in [3.63, 3.8) is 0 Å². The van der Waals surface area contributed by atoms with Gasteiger partial charge in [-0.05, 0) is 33.6 Å². The van der Waals surface area contributed by atoms with E-state index in [1.165, 1.54) is 0 Å². The molecule has 2 atom stereocenters. The Hall–Kier alpha value is -0.770. The highest BCUT2D eigenvalue weighted by molar-refractivity contribution is 5.68. The molecule has 2 N–H and O–H groups in total. The number of carbonyl (C=O) groups excluding carboxylic acids is 1. The van der Waals surface area contributed by atoms with Crippen LogP contribution in [0.2, 0.25) is 0 Å². The van der Waals surface area contributed by atoms with Crippen molar-refractivity contribution in [3.8, 4) is 0 Å². The summed E-state index contributed by atoms with van der Waals surface area (Å²) in [5.41, 5.74) is -0.473. The molecular formula is C9H17NO3. The summed E-state index contributed by atoms with van der Waals surface area (Å²) in [6.07, 6.45) is 0.754. The highest BCUT2D eigenvalue weighted by Crippen LogP contribution is 2.19. The second-order valence-corrected chi connectivity index (χ2v) is 4.40. The van der Waals surface area contributed by atoms with Gasteiger partial charge < -0.3 is 15.2 Å². The van der Waals surface area contributed by atoms with Crippen LogP contribution in [0.15, 0.2) is 0 Å². The van der Waals surface area contributed by atoms with Crippen molar-refractivity contribution in [3.05, 3.63) is 0 Å². The van der Waals surface area contributed by atoms with Gasteiger partial charge in [0.15, 0.2) is 0 Å². The minimum absolute atomic E-state index is 0.116. The molecule has 0 spiro atoms. The number of nitrogens with one attached hydrogen (secondary N) is 1. The van der Waals surface area contributed by atoms with E-state index in [-0.39, 0.29) is 6.04 Å². The quantitative estimate of drug-likeness (QED) is 0.644. The van der Waals surface area contributed by atoms with Crippen LogP contribution in [0.4, 0.5) is 4.79 Å². The molecule has 1 aliphatic carbocycles. The Morgan fingerprint density at radius 3 is 2.38 bits per heavy atom. The van der Waals surface area contributed by atoms with Gasteiger partial charge in [-0.1, -0.05) is 0 Å². The molecule has 1 fully saturated rings. The number of aliphatic hydroxyl groups excluding tert-OH is 1. The molecule has 0 aromatic heterocycles. The molecule has 0 unspecified atom stereocenters. The van der Waals surface area contributed by atoms with Crippen molar-refractivity contribution < 1.29 is 14.6 Å². The van der Waals surface area contributed by atoms with Crippen LogP contribution in [0.1, 0.15) is 33.6 Å². The normalized spacial score (nSPS) is 27.7. The number of aliphatic hydroxyl groups is 1. The SMILES string of the molecule is CC(C)(C)OC(=O)N[C@H]1CC[C@H]1O. The van der Waals surface area contributed by atoms with Gasteiger partial charge in [0.1, 0.15) is 5.60 Å². The van der Waals surface area contributed by atoms with Gasteiger partial charge in [-0.25, -0.2) is 4.79 Å². The summed E-state index contributed by atoms with van der Waals surface area (Å²) in [6, 6.07) is -0.116. The Bertz CT molecular complexity index is 198. The fraction of sp³-hybridized carbons (Fsp3) is 0.889. The summed E-state index contributed by atoms with van der Waals surface area (Å²) in [7, 11) is 0. The van der Waals surface area contributed by atoms with Crippen LogP contribution < -0.4 is 5.32 Å². The Balaban J connectivity index is 2.25. The number of alkyl carbamates (subject to hydrolysis) is 1. The molecule has 13 heavy (non-hydrogen) atoms. The molecule has 0 aliphatic heterocycles. The van der Waals surface area contributed by atoms with Gasteiger partial charge in [0, 0.05) is 0 Å². The van der Waals surface area contributed by atoms with Crippen LogP contribution in [0.3, 0.4) is 0 Å². The second-order valence-electron chi connectivity index (χ2n) is 4.40. The molecule has 1 rings (SSSR count). The van der Waals surface area contributed by atoms with Crippen molar-refractivity contribution in [2.45, 2.75) is 51.4 Å². The first-order valence-electron chi connectivity index (χ1n) is 4.56. The van der Waals surface area contributed by atoms with E-state index in [2.05, 4.69) is 5.32 Å². The predicted octanol–water partition coefficient (Wildman–Crippen LogP) is 1.03. The fourth-order valence-electron chi connectivity index (χ4n) is 1.11. The summed E-state index contributed by atoms with van der Waals surface area (Å²) in [4.78, 5) is 11.2. The minimum Gasteiger partial charge on any atom is -0.444 e. The number of hydrogen-bond acceptors (Lipinski definition) is 3. The van der Waals surface area contributed by atoms with Gasteiger partial charge in [-0.15, -0.1) is 0 Å². The standard InChI is InChI=1S/C9H17NO3/c1-9(2,3)13-8(12)10-6-4-5-7(6)11/h6-7,11H,4-5H2,1-3H3,(H,10,12)/t6-,7+/m0/s1. The third-order valence-corrected chi connectivity index (χ3v) is 1.94. The van der Waals surface area contributed by atoms with Crippen LogP contribution >= 0.6 is 0 Å². The lowest BCUT2D eigenvalue weighted by Crippen LogP contribution is -2.51. The number of amides is 1. The Morgan fingerprint density at radius 1 is 1.46 bits per heavy atom. The summed E-state index contributed by atoms with van der Waals surface area (Å²) in [6.45, 7) is 5.43. The summed E-state index contributed by atoms with van der Waals surface area (Å²) in [5, 5.41) is 11.8. The molecule has 0 aromatic carbocycles. The maximum Gasteiger partial charge on any atom is 0.407 e. The number of hydrogen-bond donors (Lipinski definition) is 2. The van der Waals surface area contributed by atoms with Crippen molar-refractivity contribution in [1.82, 2.24) is 5.32 Å². The van der Waals surface area contributed by atoms with E-state index in [9.17, 15) is 9.90 Å². The molecule has 1 saturated carbocycles. The summed E-state index contributed by atoms with van der Waals surface area (Å²) >= 11 is 0. The van der Waals surface area contributed by atoms with Crippen LogP contribution in [0.5, 0.6) is 0 Å². The van der Waals surface area contributed by atoms with Gasteiger partial charge in [-0.3, -0.25) is 0 Å². The van der Waals surface area contributed by atoms with Crippen molar-refractivity contribution in [1.29, 1.82) is 0 Å². The molecule has 0 saturated heterocycles. The minimum atomic E-state index is -0.473. The smallest absolute Gasteiger partial charge is 0.407 e. The molecule has 1 aliphatic rings. The molecule has 76 valence electrons. The third-order valence-electron chi connectivity index (χ3n) is 1.94. The lowest BCUT2D eigenvalue weighted by Gasteiger charge is -2.33. The Kier molecular flexibility index (Phi) is 2.81. The highest BCUT2D eigenvalue weighted by atomic mass is 16.6. The number of rotatable bonds is 1. The van der Waals surface area contributed by atoms with Crippen molar-refractivity contribution >= 4 is 6.09 Å². The molecule has 4 nitrogen and oxygen atoms in total. The predicted molar refractivity (Wildman–Crippen MR) is 48.4 cm³/mol. The van der Waals surface area contributed by atoms with Crippen LogP contribution in [0, 0.1) is 0 Å². The van der Waals surface area contributed by atoms with E-state index in [1.54, 1.807) is 0 Å². The highest BCUT2D eigenvalue weighted by Gasteiger charge is 2.31. The van der Waals surface area contributed by atoms with Crippen molar-refractivity contribution in [2.75, 3.05) is 0 Å². The Morgan fingerprint density at radius 2 is 2.08 bits per heavy atom. The maximum atomic E-state index is 11.2. The third kappa shape index (κ3) is 3.22. The van der Waals surface area contributed by atoms with Gasteiger partial charge in [0.05, 0.1) is 12.1 Å². The zero-order valence-corrected chi connectivity index (χ0v) is 8.33. The van der Waals surface area contributed by atoms with E-state index in [1.807, 2.05) is 20.8 Å². The van der Waals surface area contributed by atoms with Gasteiger partial charge in [-0.2, -0.15) is 0 Å². The van der Waals surface area contributed by atoms with Gasteiger partial charge in [0.25, 0.3) is 0 Å². The first-order chi connectivity index (χ1) is 5.88. The van der Waals surface area contributed by atoms with E-state index in [0.717, 1.165) is 12.8 Å². The molecule has 4 heteroatoms. The van der Waals surface area contributed by atoms with Crippen LogP contribution in [-0.2, 0) is 4.74 Å². The molecule has 0 aromatic rings. The topological polar surface area (TPSA) is 58.6 Å². The Labute approximate surface area is 78.3 Å². The van der Waals surface area contributed by atoms with Gasteiger partial charge in [0.2, 0.25) is 0 Å². The largest absolute Gasteiger partial charge is 0.444 e. The molecule has 0 bridgehead atoms. The number of carbonyl (C=O) groups is 1. The summed E-state index contributed by atoms with van der Waals surface area (Å²) < 4.78 is 5.03. The lowest BCUT2D eigenvalue weighted by molar-refractivity contribution is 0.0209. The van der Waals surface area contributed by atoms with E-state index in [4.69, 9.17) is 4.74 Å². The molecule has 0 radical (unpaired) electrons. The average Bonchev–Trinajstić information content (AvgIpc) is 1.94. The lowest BCUT2D eigenvalue weighted by atomic mass is 9.89. The zero-order chi connectivity index (χ0) is 10.1. The van der Waals surface area contributed by atoms with Crippen LogP contribution in [0.25, 0.3) is 0 Å². The number of ether oxygens (including phenoxy) is 1.